The van der Waals surface area contributed by atoms with Gasteiger partial charge in [0.05, 0.1) is 25.0 Å². The first-order valence-corrected chi connectivity index (χ1v) is 17.2. The average Bonchev–Trinajstić information content (AvgIpc) is 3.87. The summed E-state index contributed by atoms with van der Waals surface area (Å²) in [5.41, 5.74) is -3.24. The van der Waals surface area contributed by atoms with Crippen molar-refractivity contribution in [2.24, 2.45) is 11.3 Å². The molecule has 0 aromatic carbocycles. The summed E-state index contributed by atoms with van der Waals surface area (Å²) in [7, 11) is -3.90. The lowest BCUT2D eigenvalue weighted by Crippen LogP contribution is -2.60. The molecule has 0 aromatic heterocycles. The fraction of sp³-hybridized carbons (Fsp3) is 0.767. The van der Waals surface area contributed by atoms with E-state index in [1.807, 2.05) is 0 Å². The van der Waals surface area contributed by atoms with Crippen LogP contribution in [-0.4, -0.2) is 116 Å². The molecular formula is C30H47N5O10S. The predicted octanol–water partition coefficient (Wildman–Crippen LogP) is 1.03. The number of morpholine rings is 1. The minimum absolute atomic E-state index is 0.0895. The number of alkyl carbamates (subject to hydrolysis) is 1. The molecule has 0 spiro atoms. The minimum Gasteiger partial charge on any atom is -0.444 e. The molecule has 46 heavy (non-hydrogen) atoms. The molecule has 15 nitrogen and oxygen atoms in total. The van der Waals surface area contributed by atoms with Gasteiger partial charge in [-0.2, -0.15) is 0 Å². The van der Waals surface area contributed by atoms with Crippen LogP contribution in [0.15, 0.2) is 12.7 Å². The van der Waals surface area contributed by atoms with Crippen molar-refractivity contribution < 1.29 is 46.6 Å². The second-order valence-electron chi connectivity index (χ2n) is 14.5. The zero-order valence-corrected chi connectivity index (χ0v) is 28.2. The number of carbonyl (C=O) groups is 5. The average molecular weight is 670 g/mol. The van der Waals surface area contributed by atoms with Gasteiger partial charge >= 0.3 is 12.2 Å². The molecule has 5 atom stereocenters. The van der Waals surface area contributed by atoms with Crippen LogP contribution < -0.4 is 15.4 Å². The van der Waals surface area contributed by atoms with Crippen molar-refractivity contribution in [1.82, 2.24) is 25.2 Å². The number of sulfonamides is 1. The number of nitrogens with zero attached hydrogens (tertiary/aromatic N) is 2. The van der Waals surface area contributed by atoms with Crippen LogP contribution in [0.3, 0.4) is 0 Å². The molecule has 2 aliphatic carbocycles. The minimum atomic E-state index is -3.90. The lowest BCUT2D eigenvalue weighted by molar-refractivity contribution is -0.143. The van der Waals surface area contributed by atoms with E-state index in [2.05, 4.69) is 21.9 Å². The van der Waals surface area contributed by atoms with Crippen LogP contribution in [-0.2, 0) is 38.6 Å². The number of hydrogen-bond donors (Lipinski definition) is 3. The van der Waals surface area contributed by atoms with Crippen LogP contribution in [0.2, 0.25) is 0 Å². The quantitative estimate of drug-likeness (QED) is 0.299. The highest BCUT2D eigenvalue weighted by molar-refractivity contribution is 7.91. The Labute approximate surface area is 270 Å². The predicted molar refractivity (Wildman–Crippen MR) is 165 cm³/mol. The van der Waals surface area contributed by atoms with Gasteiger partial charge in [-0.05, 0) is 45.4 Å². The summed E-state index contributed by atoms with van der Waals surface area (Å²) in [4.78, 5) is 69.8. The lowest BCUT2D eigenvalue weighted by Gasteiger charge is -2.36. The molecule has 5 unspecified atom stereocenters. The molecule has 2 saturated carbocycles. The maximum atomic E-state index is 14.2. The van der Waals surface area contributed by atoms with Crippen molar-refractivity contribution in [3.8, 4) is 0 Å². The summed E-state index contributed by atoms with van der Waals surface area (Å²) in [6.07, 6.45) is 0.0709. The molecule has 4 aliphatic rings. The summed E-state index contributed by atoms with van der Waals surface area (Å²) in [6.45, 7) is 15.2. The number of nitrogens with one attached hydrogen (secondary N) is 3. The van der Waals surface area contributed by atoms with Crippen molar-refractivity contribution in [2.45, 2.75) is 102 Å². The van der Waals surface area contributed by atoms with Crippen molar-refractivity contribution in [3.63, 3.8) is 0 Å². The second-order valence-corrected chi connectivity index (χ2v) is 16.4. The SMILES string of the molecule is C=CC1CC1(NC(=O)C1CC(OC(=O)N2CCOCC2)CN1C(=O)C(NC(=O)OC(C)(C)C)C(C)(C)C)C(=O)NS(=O)(=O)C1CC1. The summed E-state index contributed by atoms with van der Waals surface area (Å²) in [6, 6.07) is -2.36. The number of rotatable bonds is 9. The van der Waals surface area contributed by atoms with Gasteiger partial charge in [0.1, 0.15) is 29.3 Å². The molecule has 258 valence electrons. The smallest absolute Gasteiger partial charge is 0.410 e. The van der Waals surface area contributed by atoms with Crippen molar-refractivity contribution in [2.75, 3.05) is 32.8 Å². The van der Waals surface area contributed by atoms with Crippen LogP contribution in [0.5, 0.6) is 0 Å². The number of hydrogen-bond acceptors (Lipinski definition) is 10. The molecule has 0 aromatic rings. The Morgan fingerprint density at radius 2 is 1.67 bits per heavy atom. The Bertz CT molecular complexity index is 1350. The second kappa shape index (κ2) is 13.0. The highest BCUT2D eigenvalue weighted by atomic mass is 32.2. The standard InChI is InChI=1S/C30H47N5O10S/c1-8-18-16-30(18,25(38)33-46(41,42)20-9-10-20)32-23(36)21-15-19(44-27(40)34-11-13-43-14-12-34)17-35(21)24(37)22(28(2,3)4)31-26(39)45-29(5,6)7/h8,18-22H,1,9-17H2,2-7H3,(H,31,39)(H,32,36)(H,33,38). The summed E-state index contributed by atoms with van der Waals surface area (Å²) >= 11 is 0. The third kappa shape index (κ3) is 8.30. The molecular weight excluding hydrogens is 622 g/mol. The summed E-state index contributed by atoms with van der Waals surface area (Å²) < 4.78 is 43.6. The van der Waals surface area contributed by atoms with E-state index in [-0.39, 0.29) is 19.4 Å². The monoisotopic (exact) mass is 669 g/mol. The third-order valence-corrected chi connectivity index (χ3v) is 10.2. The molecule has 0 bridgehead atoms. The van der Waals surface area contributed by atoms with Gasteiger partial charge < -0.3 is 34.6 Å². The molecule has 0 radical (unpaired) electrons. The van der Waals surface area contributed by atoms with E-state index < -0.39 is 85.8 Å². The molecule has 4 rings (SSSR count). The zero-order valence-electron chi connectivity index (χ0n) is 27.4. The van der Waals surface area contributed by atoms with Crippen molar-refractivity contribution in [3.05, 3.63) is 12.7 Å². The maximum absolute atomic E-state index is 14.2. The normalized spacial score (nSPS) is 27.2. The van der Waals surface area contributed by atoms with Crippen molar-refractivity contribution in [1.29, 1.82) is 0 Å². The molecule has 5 amide bonds. The van der Waals surface area contributed by atoms with Gasteiger partial charge in [0.25, 0.3) is 5.91 Å². The Balaban J connectivity index is 1.58. The topological polar surface area (TPSA) is 190 Å². The highest BCUT2D eigenvalue weighted by Gasteiger charge is 2.62. The summed E-state index contributed by atoms with van der Waals surface area (Å²) in [5, 5.41) is 4.69. The van der Waals surface area contributed by atoms with E-state index in [9.17, 15) is 32.4 Å². The van der Waals surface area contributed by atoms with Crippen molar-refractivity contribution >= 4 is 39.9 Å². The van der Waals surface area contributed by atoms with Gasteiger partial charge in [-0.15, -0.1) is 6.58 Å². The van der Waals surface area contributed by atoms with E-state index in [1.54, 1.807) is 41.5 Å². The number of ether oxygens (including phenoxy) is 3. The fourth-order valence-electron chi connectivity index (χ4n) is 5.60. The fourth-order valence-corrected chi connectivity index (χ4v) is 6.96. The van der Waals surface area contributed by atoms with Crippen LogP contribution in [0.25, 0.3) is 0 Å². The lowest BCUT2D eigenvalue weighted by atomic mass is 9.85. The number of likely N-dealkylation sites (tertiary alicyclic amines) is 1. The first kappa shape index (κ1) is 35.5. The molecule has 2 heterocycles. The van der Waals surface area contributed by atoms with E-state index >= 15 is 0 Å². The van der Waals surface area contributed by atoms with Gasteiger partial charge in [0, 0.05) is 25.4 Å². The van der Waals surface area contributed by atoms with E-state index in [0.717, 1.165) is 0 Å². The van der Waals surface area contributed by atoms with Gasteiger partial charge in [-0.25, -0.2) is 18.0 Å². The van der Waals surface area contributed by atoms with Gasteiger partial charge in [-0.1, -0.05) is 26.8 Å². The van der Waals surface area contributed by atoms with E-state index in [1.165, 1.54) is 15.9 Å². The van der Waals surface area contributed by atoms with Crippen LogP contribution in [0.1, 0.15) is 67.2 Å². The molecule has 4 fully saturated rings. The molecule has 2 aliphatic heterocycles. The maximum Gasteiger partial charge on any atom is 0.410 e. The first-order valence-electron chi connectivity index (χ1n) is 15.6. The molecule has 3 N–H and O–H groups in total. The van der Waals surface area contributed by atoms with Crippen LogP contribution in [0.4, 0.5) is 9.59 Å². The Hall–Kier alpha value is -3.40. The Morgan fingerprint density at radius 1 is 1.04 bits per heavy atom. The van der Waals surface area contributed by atoms with Crippen LogP contribution >= 0.6 is 0 Å². The Kier molecular flexibility index (Phi) is 10.0. The third-order valence-electron chi connectivity index (χ3n) is 8.41. The molecule has 16 heteroatoms. The highest BCUT2D eigenvalue weighted by Crippen LogP contribution is 2.45. The number of carbonyl (C=O) groups excluding carboxylic acids is 5. The van der Waals surface area contributed by atoms with E-state index in [0.29, 0.717) is 39.1 Å². The van der Waals surface area contributed by atoms with Gasteiger partial charge in [-0.3, -0.25) is 19.1 Å². The van der Waals surface area contributed by atoms with Gasteiger partial charge in [0.15, 0.2) is 0 Å². The van der Waals surface area contributed by atoms with E-state index in [4.69, 9.17) is 14.2 Å². The van der Waals surface area contributed by atoms with Crippen LogP contribution in [0, 0.1) is 11.3 Å². The zero-order chi connectivity index (χ0) is 34.2. The first-order chi connectivity index (χ1) is 21.3. The van der Waals surface area contributed by atoms with Gasteiger partial charge in [0.2, 0.25) is 21.8 Å². The largest absolute Gasteiger partial charge is 0.444 e. The Morgan fingerprint density at radius 3 is 2.20 bits per heavy atom. The number of amides is 5. The summed E-state index contributed by atoms with van der Waals surface area (Å²) in [5.74, 6) is -2.76. The molecule has 2 saturated heterocycles.